The predicted octanol–water partition coefficient (Wildman–Crippen LogP) is 0.176. The second-order valence-electron chi connectivity index (χ2n) is 2.34. The maximum Gasteiger partial charge on any atom is 0.330 e. The lowest BCUT2D eigenvalue weighted by molar-refractivity contribution is -0.134. The van der Waals surface area contributed by atoms with Gasteiger partial charge in [-0.15, -0.1) is 10.2 Å². The van der Waals surface area contributed by atoms with E-state index in [-0.39, 0.29) is 0 Å². The third kappa shape index (κ3) is 2.49. The zero-order valence-electron chi connectivity index (χ0n) is 7.80. The summed E-state index contributed by atoms with van der Waals surface area (Å²) in [6.07, 6.45) is 1.30. The molecule has 0 aliphatic heterocycles. The Balaban J connectivity index is 2.58. The number of thioether (sulfide) groups is 1. The van der Waals surface area contributed by atoms with E-state index in [1.807, 2.05) is 0 Å². The zero-order valence-corrected chi connectivity index (χ0v) is 8.61. The first-order valence-corrected chi connectivity index (χ1v) is 4.59. The minimum absolute atomic E-state index is 0.332. The van der Waals surface area contributed by atoms with E-state index in [0.717, 1.165) is 0 Å². The molecule has 0 saturated carbocycles. The topological polar surface area (TPSA) is 83.0 Å². The number of nitrogen functional groups attached to an aromatic ring is 1. The fourth-order valence-corrected chi connectivity index (χ4v) is 1.29. The second kappa shape index (κ2) is 4.66. The summed E-state index contributed by atoms with van der Waals surface area (Å²) in [7, 11) is 3.06. The Morgan fingerprint density at radius 1 is 1.64 bits per heavy atom. The Labute approximate surface area is 85.1 Å². The molecular formula is C7H10N4O2S. The van der Waals surface area contributed by atoms with Gasteiger partial charge in [0.15, 0.2) is 5.16 Å². The van der Waals surface area contributed by atoms with Gasteiger partial charge >= 0.3 is 5.97 Å². The van der Waals surface area contributed by atoms with Gasteiger partial charge in [0.2, 0.25) is 5.95 Å². The Morgan fingerprint density at radius 3 is 2.86 bits per heavy atom. The van der Waals surface area contributed by atoms with Crippen molar-refractivity contribution in [1.29, 1.82) is 0 Å². The quantitative estimate of drug-likeness (QED) is 0.439. The van der Waals surface area contributed by atoms with Crippen LogP contribution in [-0.2, 0) is 16.6 Å². The number of aromatic nitrogens is 3. The van der Waals surface area contributed by atoms with Crippen LogP contribution in [0.15, 0.2) is 16.6 Å². The average Bonchev–Trinajstić information content (AvgIpc) is 2.49. The molecule has 1 aromatic rings. The molecule has 0 aliphatic carbocycles. The van der Waals surface area contributed by atoms with Crippen molar-refractivity contribution >= 4 is 23.7 Å². The zero-order chi connectivity index (χ0) is 10.6. The number of carbonyl (C=O) groups excluding carboxylic acids is 1. The third-order valence-electron chi connectivity index (χ3n) is 1.45. The molecule has 0 radical (unpaired) electrons. The number of methoxy groups -OCH3 is 1. The average molecular weight is 214 g/mol. The van der Waals surface area contributed by atoms with E-state index in [2.05, 4.69) is 14.9 Å². The fraction of sp³-hybridized carbons (Fsp3) is 0.286. The Morgan fingerprint density at radius 2 is 2.36 bits per heavy atom. The van der Waals surface area contributed by atoms with Crippen LogP contribution in [0.5, 0.6) is 0 Å². The van der Waals surface area contributed by atoms with Crippen LogP contribution in [0, 0.1) is 0 Å². The van der Waals surface area contributed by atoms with E-state index in [1.165, 1.54) is 24.9 Å². The summed E-state index contributed by atoms with van der Waals surface area (Å²) >= 11 is 1.24. The van der Waals surface area contributed by atoms with E-state index < -0.39 is 5.97 Å². The van der Waals surface area contributed by atoms with Crippen LogP contribution in [0.3, 0.4) is 0 Å². The van der Waals surface area contributed by atoms with Crippen LogP contribution in [0.25, 0.3) is 0 Å². The van der Waals surface area contributed by atoms with Crippen molar-refractivity contribution in [3.63, 3.8) is 0 Å². The minimum Gasteiger partial charge on any atom is -0.466 e. The molecule has 0 unspecified atom stereocenters. The van der Waals surface area contributed by atoms with Gasteiger partial charge in [-0.05, 0) is 5.41 Å². The second-order valence-corrected chi connectivity index (χ2v) is 3.22. The van der Waals surface area contributed by atoms with Crippen molar-refractivity contribution in [2.24, 2.45) is 7.05 Å². The lowest BCUT2D eigenvalue weighted by Gasteiger charge is -1.95. The molecule has 1 heterocycles. The number of esters is 1. The number of nitrogens with zero attached hydrogens (tertiary/aromatic N) is 3. The summed E-state index contributed by atoms with van der Waals surface area (Å²) in [5, 5.41) is 9.62. The monoisotopic (exact) mass is 214 g/mol. The van der Waals surface area contributed by atoms with Gasteiger partial charge in [0.1, 0.15) is 0 Å². The highest BCUT2D eigenvalue weighted by Crippen LogP contribution is 2.17. The number of anilines is 1. The van der Waals surface area contributed by atoms with Crippen molar-refractivity contribution in [3.8, 4) is 0 Å². The van der Waals surface area contributed by atoms with E-state index in [4.69, 9.17) is 5.73 Å². The molecule has 14 heavy (non-hydrogen) atoms. The fourth-order valence-electron chi connectivity index (χ4n) is 0.647. The van der Waals surface area contributed by atoms with Crippen molar-refractivity contribution in [2.45, 2.75) is 5.16 Å². The van der Waals surface area contributed by atoms with Gasteiger partial charge in [-0.2, -0.15) is 0 Å². The molecule has 0 atom stereocenters. The maximum atomic E-state index is 10.7. The first-order valence-electron chi connectivity index (χ1n) is 3.71. The summed E-state index contributed by atoms with van der Waals surface area (Å²) in [6.45, 7) is 0. The summed E-state index contributed by atoms with van der Waals surface area (Å²) in [5.74, 6) is -0.0772. The lowest BCUT2D eigenvalue weighted by Crippen LogP contribution is -1.97. The number of hydrogen-bond acceptors (Lipinski definition) is 6. The van der Waals surface area contributed by atoms with Crippen LogP contribution in [0.1, 0.15) is 0 Å². The minimum atomic E-state index is -0.410. The molecular weight excluding hydrogens is 204 g/mol. The Kier molecular flexibility index (Phi) is 3.52. The largest absolute Gasteiger partial charge is 0.466 e. The third-order valence-corrected chi connectivity index (χ3v) is 2.29. The molecule has 0 amide bonds. The number of rotatable bonds is 3. The van der Waals surface area contributed by atoms with E-state index >= 15 is 0 Å². The summed E-state index contributed by atoms with van der Waals surface area (Å²) in [5.41, 5.74) is 5.46. The molecule has 0 aromatic carbocycles. The van der Waals surface area contributed by atoms with Crippen LogP contribution in [0.4, 0.5) is 5.95 Å². The predicted molar refractivity (Wildman–Crippen MR) is 52.4 cm³/mol. The Bertz CT molecular complexity index is 361. The van der Waals surface area contributed by atoms with Gasteiger partial charge in [0.05, 0.1) is 7.11 Å². The summed E-state index contributed by atoms with van der Waals surface area (Å²) in [4.78, 5) is 10.7. The van der Waals surface area contributed by atoms with Crippen LogP contribution < -0.4 is 5.73 Å². The molecule has 0 aliphatic rings. The van der Waals surface area contributed by atoms with Crippen LogP contribution in [0.2, 0.25) is 0 Å². The van der Waals surface area contributed by atoms with Gasteiger partial charge in [-0.1, -0.05) is 11.8 Å². The SMILES string of the molecule is COC(=O)C=CSc1nnc(N)n1C. The van der Waals surface area contributed by atoms with Crippen molar-refractivity contribution in [1.82, 2.24) is 14.8 Å². The van der Waals surface area contributed by atoms with Crippen molar-refractivity contribution < 1.29 is 9.53 Å². The van der Waals surface area contributed by atoms with Crippen LogP contribution >= 0.6 is 11.8 Å². The van der Waals surface area contributed by atoms with Gasteiger partial charge in [0, 0.05) is 13.1 Å². The number of carbonyl (C=O) groups is 1. The van der Waals surface area contributed by atoms with E-state index in [9.17, 15) is 4.79 Å². The molecule has 0 bridgehead atoms. The molecule has 7 heteroatoms. The van der Waals surface area contributed by atoms with Gasteiger partial charge in [0.25, 0.3) is 0 Å². The molecule has 0 spiro atoms. The van der Waals surface area contributed by atoms with Gasteiger partial charge in [-0.3, -0.25) is 4.57 Å². The smallest absolute Gasteiger partial charge is 0.330 e. The highest BCUT2D eigenvalue weighted by molar-refractivity contribution is 8.02. The normalized spacial score (nSPS) is 10.7. The van der Waals surface area contributed by atoms with Gasteiger partial charge in [-0.25, -0.2) is 4.79 Å². The highest BCUT2D eigenvalue weighted by atomic mass is 32.2. The standard InChI is InChI=1S/C7H10N4O2S/c1-11-6(8)9-10-7(11)14-4-3-5(12)13-2/h3-4H,1-2H3,(H2,8,9). The summed E-state index contributed by atoms with van der Waals surface area (Å²) in [6, 6.07) is 0. The molecule has 1 rings (SSSR count). The lowest BCUT2D eigenvalue weighted by atomic mass is 10.7. The van der Waals surface area contributed by atoms with E-state index in [1.54, 1.807) is 17.0 Å². The first kappa shape index (κ1) is 10.6. The van der Waals surface area contributed by atoms with Crippen LogP contribution in [-0.4, -0.2) is 27.8 Å². The molecule has 76 valence electrons. The molecule has 0 saturated heterocycles. The number of nitrogens with two attached hydrogens (primary N) is 1. The molecule has 6 nitrogen and oxygen atoms in total. The highest BCUT2D eigenvalue weighted by Gasteiger charge is 2.03. The Hall–Kier alpha value is -1.50. The van der Waals surface area contributed by atoms with Crippen molar-refractivity contribution in [2.75, 3.05) is 12.8 Å². The molecule has 0 fully saturated rings. The summed E-state index contributed by atoms with van der Waals surface area (Å²) < 4.78 is 6.03. The molecule has 1 aromatic heterocycles. The number of hydrogen-bond donors (Lipinski definition) is 1. The van der Waals surface area contributed by atoms with Gasteiger partial charge < -0.3 is 10.5 Å². The number of ether oxygens (including phenoxy) is 1. The van der Waals surface area contributed by atoms with E-state index in [0.29, 0.717) is 11.1 Å². The maximum absolute atomic E-state index is 10.7. The molecule has 2 N–H and O–H groups in total. The van der Waals surface area contributed by atoms with Crippen molar-refractivity contribution in [3.05, 3.63) is 11.5 Å². The first-order chi connectivity index (χ1) is 6.65.